The Morgan fingerprint density at radius 3 is 2.22 bits per heavy atom. The Labute approximate surface area is 195 Å². The molecule has 32 heavy (non-hydrogen) atoms. The number of hydrogen-bond donors (Lipinski definition) is 1. The van der Waals surface area contributed by atoms with Crippen LogP contribution in [-0.4, -0.2) is 55.2 Å². The van der Waals surface area contributed by atoms with Crippen molar-refractivity contribution >= 4 is 23.4 Å². The number of nitrogens with one attached hydrogen (secondary N) is 1. The highest BCUT2D eigenvalue weighted by atomic mass is 32.2. The number of ether oxygens (including phenoxy) is 3. The number of benzene rings is 2. The number of amides is 1. The Kier molecular flexibility index (Phi) is 9.11. The zero-order valence-electron chi connectivity index (χ0n) is 19.5. The van der Waals surface area contributed by atoms with Gasteiger partial charge in [-0.2, -0.15) is 11.8 Å². The van der Waals surface area contributed by atoms with Gasteiger partial charge in [0.1, 0.15) is 0 Å². The van der Waals surface area contributed by atoms with Crippen molar-refractivity contribution in [3.63, 3.8) is 0 Å². The lowest BCUT2D eigenvalue weighted by atomic mass is 10.1. The third-order valence-electron chi connectivity index (χ3n) is 5.36. The number of anilines is 1. The summed E-state index contributed by atoms with van der Waals surface area (Å²) in [5.74, 6) is 3.71. The maximum absolute atomic E-state index is 13.2. The zero-order valence-corrected chi connectivity index (χ0v) is 20.3. The van der Waals surface area contributed by atoms with Gasteiger partial charge in [-0.3, -0.25) is 9.69 Å². The van der Waals surface area contributed by atoms with E-state index in [1.54, 1.807) is 12.1 Å². The average Bonchev–Trinajstić information content (AvgIpc) is 2.79. The first-order chi connectivity index (χ1) is 15.6. The van der Waals surface area contributed by atoms with E-state index >= 15 is 0 Å². The molecule has 1 N–H and O–H groups in total. The Morgan fingerprint density at radius 1 is 1.00 bits per heavy atom. The van der Waals surface area contributed by atoms with Crippen LogP contribution in [0.3, 0.4) is 0 Å². The minimum atomic E-state index is -0.204. The molecule has 174 valence electrons. The maximum Gasteiger partial charge on any atom is 0.255 e. The lowest BCUT2D eigenvalue weighted by Crippen LogP contribution is -2.32. The Hall–Kier alpha value is -2.38. The second-order valence-corrected chi connectivity index (χ2v) is 8.76. The minimum Gasteiger partial charge on any atom is -0.490 e. The second kappa shape index (κ2) is 12.0. The molecule has 1 aliphatic rings. The second-order valence-electron chi connectivity index (χ2n) is 7.53. The molecule has 1 saturated heterocycles. The van der Waals surface area contributed by atoms with Crippen LogP contribution >= 0.6 is 11.8 Å². The topological polar surface area (TPSA) is 60.0 Å². The number of thioether (sulfide) groups is 1. The van der Waals surface area contributed by atoms with Crippen molar-refractivity contribution in [1.29, 1.82) is 0 Å². The third-order valence-corrected chi connectivity index (χ3v) is 6.31. The fourth-order valence-electron chi connectivity index (χ4n) is 3.70. The Morgan fingerprint density at radius 2 is 1.62 bits per heavy atom. The van der Waals surface area contributed by atoms with Crippen LogP contribution < -0.4 is 19.5 Å². The van der Waals surface area contributed by atoms with Gasteiger partial charge in [0, 0.05) is 42.4 Å². The van der Waals surface area contributed by atoms with Gasteiger partial charge in [0.25, 0.3) is 5.91 Å². The summed E-state index contributed by atoms with van der Waals surface area (Å²) in [6.45, 7) is 12.3. The highest BCUT2D eigenvalue weighted by Crippen LogP contribution is 2.39. The Balaban J connectivity index is 1.83. The maximum atomic E-state index is 13.2. The van der Waals surface area contributed by atoms with E-state index in [1.165, 1.54) is 17.1 Å². The summed E-state index contributed by atoms with van der Waals surface area (Å²) in [5, 5.41) is 3.08. The summed E-state index contributed by atoms with van der Waals surface area (Å²) < 4.78 is 17.3. The number of rotatable bonds is 10. The summed E-state index contributed by atoms with van der Waals surface area (Å²) in [4.78, 5) is 15.6. The van der Waals surface area contributed by atoms with E-state index in [9.17, 15) is 4.79 Å². The van der Waals surface area contributed by atoms with Crippen LogP contribution in [0.1, 0.15) is 42.3 Å². The molecule has 0 unspecified atom stereocenters. The van der Waals surface area contributed by atoms with Gasteiger partial charge in [-0.15, -0.1) is 0 Å². The van der Waals surface area contributed by atoms with Gasteiger partial charge in [0.2, 0.25) is 5.75 Å². The molecule has 1 heterocycles. The molecule has 1 fully saturated rings. The van der Waals surface area contributed by atoms with Gasteiger partial charge >= 0.3 is 0 Å². The number of carbonyl (C=O) groups is 1. The van der Waals surface area contributed by atoms with Crippen LogP contribution in [-0.2, 0) is 6.54 Å². The molecule has 0 radical (unpaired) electrons. The highest BCUT2D eigenvalue weighted by molar-refractivity contribution is 7.99. The van der Waals surface area contributed by atoms with Crippen LogP contribution in [0.5, 0.6) is 17.2 Å². The van der Waals surface area contributed by atoms with E-state index in [0.717, 1.165) is 30.9 Å². The molecule has 2 aromatic rings. The molecule has 0 bridgehead atoms. The molecule has 0 atom stereocenters. The Bertz CT molecular complexity index is 886. The zero-order chi connectivity index (χ0) is 22.9. The first-order valence-corrected chi connectivity index (χ1v) is 12.5. The minimum absolute atomic E-state index is 0.204. The fraction of sp³-hybridized carbons (Fsp3) is 0.480. The normalized spacial score (nSPS) is 14.1. The number of hydrogen-bond acceptors (Lipinski definition) is 6. The van der Waals surface area contributed by atoms with Crippen molar-refractivity contribution in [2.45, 2.75) is 34.2 Å². The van der Waals surface area contributed by atoms with E-state index in [1.807, 2.05) is 44.7 Å². The van der Waals surface area contributed by atoms with Crippen LogP contribution in [0.2, 0.25) is 0 Å². The molecule has 3 rings (SSSR count). The van der Waals surface area contributed by atoms with E-state index in [-0.39, 0.29) is 5.91 Å². The van der Waals surface area contributed by atoms with Crippen LogP contribution in [0.4, 0.5) is 5.69 Å². The van der Waals surface area contributed by atoms with Gasteiger partial charge in [-0.1, -0.05) is 12.1 Å². The highest BCUT2D eigenvalue weighted by Gasteiger charge is 2.19. The predicted octanol–water partition coefficient (Wildman–Crippen LogP) is 4.99. The van der Waals surface area contributed by atoms with Crippen molar-refractivity contribution in [1.82, 2.24) is 4.90 Å². The monoisotopic (exact) mass is 458 g/mol. The lowest BCUT2D eigenvalue weighted by Gasteiger charge is -2.27. The van der Waals surface area contributed by atoms with Crippen LogP contribution in [0.25, 0.3) is 0 Å². The number of nitrogens with zero attached hydrogens (tertiary/aromatic N) is 1. The summed E-state index contributed by atoms with van der Waals surface area (Å²) in [7, 11) is 0. The first-order valence-electron chi connectivity index (χ1n) is 11.3. The molecular weight excluding hydrogens is 424 g/mol. The molecule has 1 aliphatic heterocycles. The van der Waals surface area contributed by atoms with E-state index < -0.39 is 0 Å². The number of carbonyl (C=O) groups excluding carboxylic acids is 1. The molecule has 0 aromatic heterocycles. The van der Waals surface area contributed by atoms with E-state index in [2.05, 4.69) is 23.2 Å². The van der Waals surface area contributed by atoms with E-state index in [4.69, 9.17) is 14.2 Å². The van der Waals surface area contributed by atoms with Crippen LogP contribution in [0, 0.1) is 6.92 Å². The van der Waals surface area contributed by atoms with Gasteiger partial charge in [-0.25, -0.2) is 0 Å². The summed E-state index contributed by atoms with van der Waals surface area (Å²) in [5.41, 5.74) is 3.63. The molecular formula is C25H34N2O4S. The molecule has 0 spiro atoms. The van der Waals surface area contributed by atoms with Crippen molar-refractivity contribution in [2.24, 2.45) is 0 Å². The standard InChI is InChI=1S/C25H34N2O4S/c1-5-29-22-15-20(16-23(30-6-2)24(22)31-7-3)25(28)26-21-10-8-9-19(18(21)4)17-27-11-13-32-14-12-27/h8-10,15-16H,5-7,11-14,17H2,1-4H3,(H,26,28). The van der Waals surface area contributed by atoms with Crippen molar-refractivity contribution in [3.8, 4) is 17.2 Å². The van der Waals surface area contributed by atoms with Crippen molar-refractivity contribution in [3.05, 3.63) is 47.0 Å². The summed E-state index contributed by atoms with van der Waals surface area (Å²) in [6, 6.07) is 9.54. The fourth-order valence-corrected chi connectivity index (χ4v) is 4.68. The molecule has 2 aromatic carbocycles. The predicted molar refractivity (Wildman–Crippen MR) is 132 cm³/mol. The quantitative estimate of drug-likeness (QED) is 0.541. The molecule has 6 nitrogen and oxygen atoms in total. The average molecular weight is 459 g/mol. The third kappa shape index (κ3) is 6.11. The summed E-state index contributed by atoms with van der Waals surface area (Å²) >= 11 is 2.01. The molecule has 0 saturated carbocycles. The SMILES string of the molecule is CCOc1cc(C(=O)Nc2cccc(CN3CCSCC3)c2C)cc(OCC)c1OCC. The van der Waals surface area contributed by atoms with Gasteiger partial charge in [0.05, 0.1) is 19.8 Å². The molecule has 0 aliphatic carbocycles. The van der Waals surface area contributed by atoms with Crippen molar-refractivity contribution < 1.29 is 19.0 Å². The van der Waals surface area contributed by atoms with E-state index in [0.29, 0.717) is 42.6 Å². The van der Waals surface area contributed by atoms with Gasteiger partial charge in [0.15, 0.2) is 11.5 Å². The van der Waals surface area contributed by atoms with Gasteiger partial charge < -0.3 is 19.5 Å². The largest absolute Gasteiger partial charge is 0.490 e. The summed E-state index contributed by atoms with van der Waals surface area (Å²) in [6.07, 6.45) is 0. The van der Waals surface area contributed by atoms with Crippen molar-refractivity contribution in [2.75, 3.05) is 49.7 Å². The van der Waals surface area contributed by atoms with Gasteiger partial charge in [-0.05, 0) is 57.0 Å². The molecule has 7 heteroatoms. The smallest absolute Gasteiger partial charge is 0.255 e. The molecule has 1 amide bonds. The lowest BCUT2D eigenvalue weighted by molar-refractivity contribution is 0.102. The first kappa shape index (κ1) is 24.3. The van der Waals surface area contributed by atoms with Crippen LogP contribution in [0.15, 0.2) is 30.3 Å².